The molecule has 1 saturated heterocycles. The third kappa shape index (κ3) is 2.98. The molecule has 4 nitrogen and oxygen atoms in total. The molecule has 2 aliphatic rings. The Balaban J connectivity index is 1.83. The zero-order valence-electron chi connectivity index (χ0n) is 11.9. The largest absolute Gasteiger partial charge is 0.392 e. The van der Waals surface area contributed by atoms with Crippen LogP contribution in [0.15, 0.2) is 17.5 Å². The summed E-state index contributed by atoms with van der Waals surface area (Å²) in [5.41, 5.74) is 5.26. The molecule has 1 aromatic heterocycles. The van der Waals surface area contributed by atoms with Crippen molar-refractivity contribution < 1.29 is 9.53 Å². The molecule has 1 amide bonds. The fraction of sp³-hybridized carbons (Fsp3) is 0.600. The van der Waals surface area contributed by atoms with Crippen LogP contribution in [-0.4, -0.2) is 35.1 Å². The molecule has 0 radical (unpaired) electrons. The molecular formula is C15H20N2O2S2. The van der Waals surface area contributed by atoms with Crippen molar-refractivity contribution >= 4 is 34.5 Å². The number of nitrogens with two attached hydrogens (primary N) is 1. The Labute approximate surface area is 134 Å². The lowest BCUT2D eigenvalue weighted by Gasteiger charge is -2.39. The Kier molecular flexibility index (Phi) is 4.28. The molecule has 0 unspecified atom stereocenters. The maximum Gasteiger partial charge on any atom is 0.236 e. The Bertz CT molecular complexity index is 520. The van der Waals surface area contributed by atoms with E-state index in [2.05, 4.69) is 6.07 Å². The minimum absolute atomic E-state index is 0.106. The number of ether oxygens (including phenoxy) is 1. The second-order valence-electron chi connectivity index (χ2n) is 5.80. The highest BCUT2D eigenvalue weighted by Crippen LogP contribution is 2.38. The first kappa shape index (κ1) is 14.9. The number of thiophene rings is 1. The van der Waals surface area contributed by atoms with Crippen LogP contribution >= 0.6 is 23.6 Å². The van der Waals surface area contributed by atoms with Crippen LogP contribution in [0.1, 0.15) is 30.6 Å². The van der Waals surface area contributed by atoms with Crippen LogP contribution in [0.2, 0.25) is 0 Å². The number of hydrogen-bond acceptors (Lipinski definition) is 4. The SMILES string of the molecule is NC(=S)C1(C(=O)N(Cc2cccs2)C2CC2)CCOCC1. The lowest BCUT2D eigenvalue weighted by Crippen LogP contribution is -2.53. The van der Waals surface area contributed by atoms with Gasteiger partial charge in [-0.25, -0.2) is 0 Å². The van der Waals surface area contributed by atoms with Crippen molar-refractivity contribution in [2.24, 2.45) is 11.1 Å². The van der Waals surface area contributed by atoms with E-state index in [-0.39, 0.29) is 5.91 Å². The second-order valence-corrected chi connectivity index (χ2v) is 7.27. The molecule has 21 heavy (non-hydrogen) atoms. The molecule has 0 spiro atoms. The summed E-state index contributed by atoms with van der Waals surface area (Å²) >= 11 is 6.94. The topological polar surface area (TPSA) is 55.6 Å². The predicted molar refractivity (Wildman–Crippen MR) is 87.2 cm³/mol. The second kappa shape index (κ2) is 6.02. The van der Waals surface area contributed by atoms with Gasteiger partial charge in [-0.1, -0.05) is 18.3 Å². The summed E-state index contributed by atoms with van der Waals surface area (Å²) in [4.78, 5) is 16.7. The third-order valence-electron chi connectivity index (χ3n) is 4.38. The molecular weight excluding hydrogens is 304 g/mol. The normalized spacial score (nSPS) is 21.0. The molecule has 0 atom stereocenters. The van der Waals surface area contributed by atoms with Crippen LogP contribution in [0, 0.1) is 5.41 Å². The summed E-state index contributed by atoms with van der Waals surface area (Å²) in [5, 5.41) is 2.04. The lowest BCUT2D eigenvalue weighted by molar-refractivity contribution is -0.143. The third-order valence-corrected chi connectivity index (χ3v) is 5.63. The summed E-state index contributed by atoms with van der Waals surface area (Å²) in [6, 6.07) is 4.45. The van der Waals surface area contributed by atoms with Crippen molar-refractivity contribution in [1.29, 1.82) is 0 Å². The zero-order valence-corrected chi connectivity index (χ0v) is 13.5. The summed E-state index contributed by atoms with van der Waals surface area (Å²) < 4.78 is 5.40. The molecule has 1 aliphatic carbocycles. The van der Waals surface area contributed by atoms with Crippen LogP contribution in [-0.2, 0) is 16.1 Å². The minimum atomic E-state index is -0.701. The first-order chi connectivity index (χ1) is 10.1. The first-order valence-electron chi connectivity index (χ1n) is 7.34. The van der Waals surface area contributed by atoms with Crippen LogP contribution in [0.4, 0.5) is 0 Å². The van der Waals surface area contributed by atoms with Crippen molar-refractivity contribution in [3.63, 3.8) is 0 Å². The zero-order chi connectivity index (χ0) is 14.9. The van der Waals surface area contributed by atoms with Crippen LogP contribution in [0.25, 0.3) is 0 Å². The molecule has 114 valence electrons. The minimum Gasteiger partial charge on any atom is -0.392 e. The highest BCUT2D eigenvalue weighted by Gasteiger charge is 2.48. The molecule has 6 heteroatoms. The van der Waals surface area contributed by atoms with E-state index in [0.29, 0.717) is 43.6 Å². The molecule has 2 fully saturated rings. The molecule has 3 rings (SSSR count). The fourth-order valence-electron chi connectivity index (χ4n) is 2.88. The van der Waals surface area contributed by atoms with E-state index in [9.17, 15) is 4.79 Å². The van der Waals surface area contributed by atoms with E-state index in [0.717, 1.165) is 12.8 Å². The highest BCUT2D eigenvalue weighted by atomic mass is 32.1. The molecule has 1 saturated carbocycles. The van der Waals surface area contributed by atoms with Gasteiger partial charge in [0, 0.05) is 24.1 Å². The van der Waals surface area contributed by atoms with Gasteiger partial charge >= 0.3 is 0 Å². The maximum atomic E-state index is 13.2. The summed E-state index contributed by atoms with van der Waals surface area (Å²) in [5.74, 6) is 0.106. The Morgan fingerprint density at radius 3 is 2.71 bits per heavy atom. The number of thiocarbonyl (C=S) groups is 1. The van der Waals surface area contributed by atoms with Gasteiger partial charge in [0.15, 0.2) is 0 Å². The number of amides is 1. The van der Waals surface area contributed by atoms with E-state index in [1.54, 1.807) is 11.3 Å². The molecule has 0 bridgehead atoms. The van der Waals surface area contributed by atoms with Crippen LogP contribution < -0.4 is 5.73 Å². The van der Waals surface area contributed by atoms with Gasteiger partial charge in [-0.3, -0.25) is 4.79 Å². The number of rotatable bonds is 5. The van der Waals surface area contributed by atoms with E-state index in [1.807, 2.05) is 16.3 Å². The maximum absolute atomic E-state index is 13.2. The fourth-order valence-corrected chi connectivity index (χ4v) is 3.88. The van der Waals surface area contributed by atoms with Crippen molar-refractivity contribution in [3.05, 3.63) is 22.4 Å². The smallest absolute Gasteiger partial charge is 0.236 e. The van der Waals surface area contributed by atoms with Crippen molar-refractivity contribution in [3.8, 4) is 0 Å². The number of carbonyl (C=O) groups excluding carboxylic acids is 1. The van der Waals surface area contributed by atoms with Gasteiger partial charge in [-0.15, -0.1) is 11.3 Å². The monoisotopic (exact) mass is 324 g/mol. The van der Waals surface area contributed by atoms with E-state index < -0.39 is 5.41 Å². The Morgan fingerprint density at radius 2 is 2.19 bits per heavy atom. The quantitative estimate of drug-likeness (QED) is 0.845. The van der Waals surface area contributed by atoms with E-state index in [4.69, 9.17) is 22.7 Å². The molecule has 0 aromatic carbocycles. The Morgan fingerprint density at radius 1 is 1.48 bits per heavy atom. The van der Waals surface area contributed by atoms with Crippen molar-refractivity contribution in [2.45, 2.75) is 38.3 Å². The van der Waals surface area contributed by atoms with Crippen LogP contribution in [0.5, 0.6) is 0 Å². The Hall–Kier alpha value is -0.980. The van der Waals surface area contributed by atoms with Gasteiger partial charge in [0.2, 0.25) is 5.91 Å². The summed E-state index contributed by atoms with van der Waals surface area (Å²) in [7, 11) is 0. The predicted octanol–water partition coefficient (Wildman–Crippen LogP) is 2.32. The lowest BCUT2D eigenvalue weighted by atomic mass is 9.78. The van der Waals surface area contributed by atoms with Crippen molar-refractivity contribution in [1.82, 2.24) is 4.90 Å². The molecule has 1 aliphatic heterocycles. The van der Waals surface area contributed by atoms with E-state index in [1.165, 1.54) is 4.88 Å². The van der Waals surface area contributed by atoms with Crippen LogP contribution in [0.3, 0.4) is 0 Å². The van der Waals surface area contributed by atoms with Gasteiger partial charge in [-0.2, -0.15) is 0 Å². The number of carbonyl (C=O) groups is 1. The number of nitrogens with zero attached hydrogens (tertiary/aromatic N) is 1. The van der Waals surface area contributed by atoms with Gasteiger partial charge in [0.05, 0.1) is 11.5 Å². The average Bonchev–Trinajstić information content (AvgIpc) is 3.21. The molecule has 1 aromatic rings. The van der Waals surface area contributed by atoms with E-state index >= 15 is 0 Å². The van der Waals surface area contributed by atoms with Gasteiger partial charge < -0.3 is 15.4 Å². The standard InChI is InChI=1S/C15H20N2O2S2/c16-13(20)15(5-7-19-8-6-15)14(18)17(11-3-4-11)10-12-2-1-9-21-12/h1-2,9,11H,3-8,10H2,(H2,16,20). The average molecular weight is 324 g/mol. The summed E-state index contributed by atoms with van der Waals surface area (Å²) in [6.07, 6.45) is 3.38. The van der Waals surface area contributed by atoms with Gasteiger partial charge in [-0.05, 0) is 37.1 Å². The highest BCUT2D eigenvalue weighted by molar-refractivity contribution is 7.80. The first-order valence-corrected chi connectivity index (χ1v) is 8.63. The molecule has 2 N–H and O–H groups in total. The summed E-state index contributed by atoms with van der Waals surface area (Å²) in [6.45, 7) is 1.79. The number of hydrogen-bond donors (Lipinski definition) is 1. The van der Waals surface area contributed by atoms with Gasteiger partial charge in [0.1, 0.15) is 5.41 Å². The van der Waals surface area contributed by atoms with Crippen molar-refractivity contribution in [2.75, 3.05) is 13.2 Å². The van der Waals surface area contributed by atoms with Gasteiger partial charge in [0.25, 0.3) is 0 Å². The molecule has 2 heterocycles.